The molecule has 0 heterocycles. The van der Waals surface area contributed by atoms with Crippen LogP contribution in [0.1, 0.15) is 6.42 Å². The van der Waals surface area contributed by atoms with Crippen molar-refractivity contribution in [2.24, 2.45) is 0 Å². The standard InChI is InChI=1S/C13H14ClNO6/c1-19-4-5-20-13-10(16)7-12(13)21-11-6-8(15(17)18)2-3-9(11)14/h2-3,6,12-13H,4-5,7H2,1H3. The fourth-order valence-electron chi connectivity index (χ4n) is 1.89. The molecule has 2 atom stereocenters. The van der Waals surface area contributed by atoms with E-state index in [9.17, 15) is 14.9 Å². The van der Waals surface area contributed by atoms with Crippen molar-refractivity contribution in [2.75, 3.05) is 20.3 Å². The lowest BCUT2D eigenvalue weighted by Gasteiger charge is -2.34. The highest BCUT2D eigenvalue weighted by Crippen LogP contribution is 2.33. The summed E-state index contributed by atoms with van der Waals surface area (Å²) in [7, 11) is 1.53. The first-order valence-electron chi connectivity index (χ1n) is 6.26. The molecule has 1 aliphatic rings. The van der Waals surface area contributed by atoms with Crippen molar-refractivity contribution >= 4 is 23.1 Å². The molecule has 1 fully saturated rings. The molecule has 0 bridgehead atoms. The number of nitro benzene ring substituents is 1. The van der Waals surface area contributed by atoms with Gasteiger partial charge in [-0.05, 0) is 6.07 Å². The van der Waals surface area contributed by atoms with E-state index in [1.807, 2.05) is 0 Å². The van der Waals surface area contributed by atoms with Gasteiger partial charge in [-0.3, -0.25) is 14.9 Å². The number of non-ortho nitro benzene ring substituents is 1. The molecule has 0 N–H and O–H groups in total. The second kappa shape index (κ2) is 6.84. The maximum atomic E-state index is 11.5. The van der Waals surface area contributed by atoms with Crippen molar-refractivity contribution in [2.45, 2.75) is 18.6 Å². The van der Waals surface area contributed by atoms with Crippen LogP contribution in [0.2, 0.25) is 5.02 Å². The molecule has 0 spiro atoms. The van der Waals surface area contributed by atoms with Gasteiger partial charge in [-0.1, -0.05) is 11.6 Å². The molecule has 0 radical (unpaired) electrons. The van der Waals surface area contributed by atoms with Crippen LogP contribution in [-0.2, 0) is 14.3 Å². The minimum atomic E-state index is -0.685. The van der Waals surface area contributed by atoms with E-state index in [-0.39, 0.29) is 35.3 Å². The first-order chi connectivity index (χ1) is 10.0. The Kier molecular flexibility index (Phi) is 5.11. The SMILES string of the molecule is COCCOC1C(=O)CC1Oc1cc([N+](=O)[O-])ccc1Cl. The number of ether oxygens (including phenoxy) is 3. The van der Waals surface area contributed by atoms with Gasteiger partial charge in [0.15, 0.2) is 11.9 Å². The minimum Gasteiger partial charge on any atom is -0.485 e. The molecule has 1 aliphatic carbocycles. The van der Waals surface area contributed by atoms with Crippen LogP contribution >= 0.6 is 11.6 Å². The van der Waals surface area contributed by atoms with Crippen LogP contribution in [0.4, 0.5) is 5.69 Å². The number of methoxy groups -OCH3 is 1. The van der Waals surface area contributed by atoms with Gasteiger partial charge in [0.05, 0.1) is 29.2 Å². The Labute approximate surface area is 125 Å². The summed E-state index contributed by atoms with van der Waals surface area (Å²) in [5, 5.41) is 11.0. The zero-order chi connectivity index (χ0) is 15.4. The molecule has 21 heavy (non-hydrogen) atoms. The van der Waals surface area contributed by atoms with Crippen molar-refractivity contribution in [1.29, 1.82) is 0 Å². The number of benzene rings is 1. The van der Waals surface area contributed by atoms with Crippen LogP contribution in [0.5, 0.6) is 5.75 Å². The summed E-state index contributed by atoms with van der Waals surface area (Å²) in [6, 6.07) is 3.90. The van der Waals surface area contributed by atoms with Crippen molar-refractivity contribution in [3.05, 3.63) is 33.3 Å². The third kappa shape index (κ3) is 3.69. The van der Waals surface area contributed by atoms with Gasteiger partial charge in [-0.2, -0.15) is 0 Å². The van der Waals surface area contributed by atoms with Gasteiger partial charge >= 0.3 is 0 Å². The summed E-state index contributed by atoms with van der Waals surface area (Å²) in [4.78, 5) is 21.7. The maximum Gasteiger partial charge on any atom is 0.273 e. The van der Waals surface area contributed by atoms with Gasteiger partial charge in [0, 0.05) is 19.6 Å². The Morgan fingerprint density at radius 1 is 1.43 bits per heavy atom. The molecule has 2 rings (SSSR count). The van der Waals surface area contributed by atoms with Gasteiger partial charge < -0.3 is 14.2 Å². The lowest BCUT2D eigenvalue weighted by atomic mass is 9.90. The molecule has 2 unspecified atom stereocenters. The lowest BCUT2D eigenvalue weighted by molar-refractivity contribution is -0.385. The highest BCUT2D eigenvalue weighted by molar-refractivity contribution is 6.32. The molecule has 8 heteroatoms. The summed E-state index contributed by atoms with van der Waals surface area (Å²) in [6.07, 6.45) is -0.985. The Morgan fingerprint density at radius 2 is 2.19 bits per heavy atom. The van der Waals surface area contributed by atoms with E-state index in [0.29, 0.717) is 6.61 Å². The average molecular weight is 316 g/mol. The topological polar surface area (TPSA) is 87.9 Å². The molecule has 0 saturated heterocycles. The highest BCUT2D eigenvalue weighted by atomic mass is 35.5. The fraction of sp³-hybridized carbons (Fsp3) is 0.462. The number of nitro groups is 1. The van der Waals surface area contributed by atoms with E-state index in [4.69, 9.17) is 25.8 Å². The largest absolute Gasteiger partial charge is 0.485 e. The zero-order valence-corrected chi connectivity index (χ0v) is 12.0. The Bertz CT molecular complexity index is 549. The van der Waals surface area contributed by atoms with Crippen molar-refractivity contribution in [1.82, 2.24) is 0 Å². The summed E-state index contributed by atoms with van der Waals surface area (Å²) in [5.41, 5.74) is -0.128. The number of halogens is 1. The van der Waals surface area contributed by atoms with Gasteiger partial charge in [-0.25, -0.2) is 0 Å². The fourth-order valence-corrected chi connectivity index (χ4v) is 2.05. The van der Waals surface area contributed by atoms with E-state index >= 15 is 0 Å². The highest BCUT2D eigenvalue weighted by Gasteiger charge is 2.43. The van der Waals surface area contributed by atoms with Gasteiger partial charge in [0.1, 0.15) is 11.9 Å². The van der Waals surface area contributed by atoms with Crippen molar-refractivity contribution < 1.29 is 23.9 Å². The lowest BCUT2D eigenvalue weighted by Crippen LogP contribution is -2.52. The predicted molar refractivity (Wildman–Crippen MR) is 73.8 cm³/mol. The van der Waals surface area contributed by atoms with E-state index in [1.54, 1.807) is 0 Å². The molecular weight excluding hydrogens is 302 g/mol. The number of carbonyl (C=O) groups is 1. The zero-order valence-electron chi connectivity index (χ0n) is 11.3. The second-order valence-corrected chi connectivity index (χ2v) is 4.89. The molecule has 1 aromatic rings. The summed E-state index contributed by atoms with van der Waals surface area (Å²) in [6.45, 7) is 0.642. The van der Waals surface area contributed by atoms with Gasteiger partial charge in [0.25, 0.3) is 5.69 Å². The number of carbonyl (C=O) groups excluding carboxylic acids is 1. The molecule has 1 saturated carbocycles. The number of rotatable bonds is 7. The van der Waals surface area contributed by atoms with E-state index in [2.05, 4.69) is 0 Å². The first kappa shape index (κ1) is 15.7. The van der Waals surface area contributed by atoms with Crippen LogP contribution in [0.3, 0.4) is 0 Å². The summed E-state index contributed by atoms with van der Waals surface area (Å²) in [5.74, 6) is 0.0985. The van der Waals surface area contributed by atoms with Gasteiger partial charge in [-0.15, -0.1) is 0 Å². The Hall–Kier alpha value is -1.70. The molecule has 0 aromatic heterocycles. The number of hydrogen-bond donors (Lipinski definition) is 0. The number of hydrogen-bond acceptors (Lipinski definition) is 6. The van der Waals surface area contributed by atoms with Crippen molar-refractivity contribution in [3.8, 4) is 5.75 Å². The van der Waals surface area contributed by atoms with E-state index in [0.717, 1.165) is 0 Å². The second-order valence-electron chi connectivity index (χ2n) is 4.48. The van der Waals surface area contributed by atoms with Crippen LogP contribution in [0.15, 0.2) is 18.2 Å². The minimum absolute atomic E-state index is 0.0716. The number of nitrogens with zero attached hydrogens (tertiary/aromatic N) is 1. The average Bonchev–Trinajstić information content (AvgIpc) is 2.44. The molecule has 1 aromatic carbocycles. The maximum absolute atomic E-state index is 11.5. The third-order valence-electron chi connectivity index (χ3n) is 3.05. The normalized spacial score (nSPS) is 21.0. The quantitative estimate of drug-likeness (QED) is 0.434. The van der Waals surface area contributed by atoms with Crippen LogP contribution in [-0.4, -0.2) is 43.2 Å². The monoisotopic (exact) mass is 315 g/mol. The van der Waals surface area contributed by atoms with E-state index in [1.165, 1.54) is 25.3 Å². The molecule has 0 aliphatic heterocycles. The predicted octanol–water partition coefficient (Wildman–Crippen LogP) is 2.00. The number of Topliss-reactive ketones (excluding diaryl/α,β-unsaturated/α-hetero) is 1. The third-order valence-corrected chi connectivity index (χ3v) is 3.36. The van der Waals surface area contributed by atoms with E-state index < -0.39 is 17.1 Å². The van der Waals surface area contributed by atoms with Crippen LogP contribution < -0.4 is 4.74 Å². The first-order valence-corrected chi connectivity index (χ1v) is 6.64. The van der Waals surface area contributed by atoms with Gasteiger partial charge in [0.2, 0.25) is 0 Å². The summed E-state index contributed by atoms with van der Waals surface area (Å²) < 4.78 is 15.8. The molecule has 7 nitrogen and oxygen atoms in total. The van der Waals surface area contributed by atoms with Crippen molar-refractivity contribution in [3.63, 3.8) is 0 Å². The Balaban J connectivity index is 2.02. The number of ketones is 1. The smallest absolute Gasteiger partial charge is 0.273 e. The molecule has 114 valence electrons. The van der Waals surface area contributed by atoms with Crippen LogP contribution in [0, 0.1) is 10.1 Å². The Morgan fingerprint density at radius 3 is 2.81 bits per heavy atom. The van der Waals surface area contributed by atoms with Crippen LogP contribution in [0.25, 0.3) is 0 Å². The molecule has 0 amide bonds. The summed E-state index contributed by atoms with van der Waals surface area (Å²) >= 11 is 5.94. The molecular formula is C13H14ClNO6.